The number of likely N-dealkylation sites (tertiary alicyclic amines) is 2. The van der Waals surface area contributed by atoms with Gasteiger partial charge in [0.05, 0.1) is 12.0 Å². The topological polar surface area (TPSA) is 52.7 Å². The molecule has 154 valence electrons. The molecular formula is C23H35N3O2. The lowest BCUT2D eigenvalue weighted by Gasteiger charge is -2.40. The molecule has 2 fully saturated rings. The Labute approximate surface area is 169 Å². The van der Waals surface area contributed by atoms with E-state index in [1.54, 1.807) is 0 Å². The number of carbonyl (C=O) groups is 2. The molecule has 2 aliphatic heterocycles. The average molecular weight is 386 g/mol. The zero-order chi connectivity index (χ0) is 20.1. The van der Waals surface area contributed by atoms with Gasteiger partial charge in [0.25, 0.3) is 0 Å². The fourth-order valence-electron chi connectivity index (χ4n) is 4.71. The lowest BCUT2D eigenvalue weighted by molar-refractivity contribution is -0.143. The Morgan fingerprint density at radius 1 is 1.14 bits per heavy atom. The molecular weight excluding hydrogens is 350 g/mol. The number of hydrogen-bond donors (Lipinski definition) is 1. The summed E-state index contributed by atoms with van der Waals surface area (Å²) in [6, 6.07) is 10.5. The molecule has 2 amide bonds. The van der Waals surface area contributed by atoms with Gasteiger partial charge in [-0.3, -0.25) is 9.59 Å². The zero-order valence-electron chi connectivity index (χ0n) is 17.6. The Morgan fingerprint density at radius 2 is 1.82 bits per heavy atom. The third-order valence-electron chi connectivity index (χ3n) is 6.47. The molecule has 0 unspecified atom stereocenters. The molecule has 1 aromatic rings. The van der Waals surface area contributed by atoms with E-state index in [-0.39, 0.29) is 23.8 Å². The van der Waals surface area contributed by atoms with E-state index in [1.165, 1.54) is 0 Å². The van der Waals surface area contributed by atoms with Gasteiger partial charge in [-0.25, -0.2) is 0 Å². The summed E-state index contributed by atoms with van der Waals surface area (Å²) in [5.74, 6) is 0.644. The third kappa shape index (κ3) is 4.75. The van der Waals surface area contributed by atoms with E-state index in [0.29, 0.717) is 31.3 Å². The van der Waals surface area contributed by atoms with Crippen LogP contribution in [0, 0.1) is 11.8 Å². The van der Waals surface area contributed by atoms with Crippen molar-refractivity contribution in [2.24, 2.45) is 11.8 Å². The highest BCUT2D eigenvalue weighted by atomic mass is 16.2. The Morgan fingerprint density at radius 3 is 2.43 bits per heavy atom. The first-order chi connectivity index (χ1) is 13.5. The van der Waals surface area contributed by atoms with Crippen molar-refractivity contribution in [2.45, 2.75) is 58.5 Å². The van der Waals surface area contributed by atoms with E-state index >= 15 is 0 Å². The van der Waals surface area contributed by atoms with Gasteiger partial charge in [0.2, 0.25) is 11.8 Å². The van der Waals surface area contributed by atoms with Crippen LogP contribution < -0.4 is 5.32 Å². The van der Waals surface area contributed by atoms with E-state index in [2.05, 4.69) is 24.1 Å². The molecule has 0 bridgehead atoms. The Bertz CT molecular complexity index is 653. The fourth-order valence-corrected chi connectivity index (χ4v) is 4.71. The van der Waals surface area contributed by atoms with Gasteiger partial charge in [-0.05, 0) is 64.6 Å². The van der Waals surface area contributed by atoms with Crippen LogP contribution in [0.5, 0.6) is 0 Å². The van der Waals surface area contributed by atoms with Gasteiger partial charge in [0.1, 0.15) is 0 Å². The second kappa shape index (κ2) is 9.55. The number of nitrogens with zero attached hydrogens (tertiary/aromatic N) is 2. The van der Waals surface area contributed by atoms with Gasteiger partial charge >= 0.3 is 0 Å². The van der Waals surface area contributed by atoms with Crippen LogP contribution in [0.3, 0.4) is 0 Å². The molecule has 28 heavy (non-hydrogen) atoms. The molecule has 5 nitrogen and oxygen atoms in total. The highest BCUT2D eigenvalue weighted by molar-refractivity contribution is 5.85. The summed E-state index contributed by atoms with van der Waals surface area (Å²) in [6.07, 6.45) is 3.38. The second-order valence-corrected chi connectivity index (χ2v) is 8.50. The molecule has 1 aromatic carbocycles. The zero-order valence-corrected chi connectivity index (χ0v) is 17.6. The highest BCUT2D eigenvalue weighted by Gasteiger charge is 2.39. The van der Waals surface area contributed by atoms with Crippen molar-refractivity contribution in [3.63, 3.8) is 0 Å². The first-order valence-electron chi connectivity index (χ1n) is 10.9. The van der Waals surface area contributed by atoms with E-state index in [4.69, 9.17) is 0 Å². The molecule has 2 aliphatic rings. The minimum Gasteiger partial charge on any atom is -0.356 e. The monoisotopic (exact) mass is 385 g/mol. The second-order valence-electron chi connectivity index (χ2n) is 8.50. The maximum atomic E-state index is 13.1. The Balaban J connectivity index is 1.63. The summed E-state index contributed by atoms with van der Waals surface area (Å²) in [4.78, 5) is 30.0. The number of hydrogen-bond acceptors (Lipinski definition) is 3. The first kappa shape index (κ1) is 20.8. The molecule has 0 aliphatic carbocycles. The van der Waals surface area contributed by atoms with Crippen LogP contribution in [0.1, 0.15) is 58.1 Å². The third-order valence-corrected chi connectivity index (χ3v) is 6.47. The predicted octanol–water partition coefficient (Wildman–Crippen LogP) is 3.22. The SMILES string of the molecule is CCN1C(=O)CC[C@@H](C(=O)NCC2CCN(C(C)C)CC2)[C@@H]1c1ccccc1. The predicted molar refractivity (Wildman–Crippen MR) is 112 cm³/mol. The minimum absolute atomic E-state index is 0.103. The summed E-state index contributed by atoms with van der Waals surface area (Å²) >= 11 is 0. The van der Waals surface area contributed by atoms with Crippen LogP contribution in [0.2, 0.25) is 0 Å². The molecule has 3 rings (SSSR count). The van der Waals surface area contributed by atoms with Crippen molar-refractivity contribution in [1.29, 1.82) is 0 Å². The van der Waals surface area contributed by atoms with Crippen LogP contribution in [0.15, 0.2) is 30.3 Å². The number of piperidine rings is 2. The van der Waals surface area contributed by atoms with Gasteiger partial charge < -0.3 is 15.1 Å². The molecule has 5 heteroatoms. The molecule has 2 heterocycles. The van der Waals surface area contributed by atoms with Gasteiger partial charge in [-0.1, -0.05) is 30.3 Å². The largest absolute Gasteiger partial charge is 0.356 e. The van der Waals surface area contributed by atoms with Crippen molar-refractivity contribution < 1.29 is 9.59 Å². The molecule has 0 spiro atoms. The van der Waals surface area contributed by atoms with Crippen molar-refractivity contribution >= 4 is 11.8 Å². The first-order valence-corrected chi connectivity index (χ1v) is 10.9. The molecule has 0 aromatic heterocycles. The normalized spacial score (nSPS) is 24.6. The smallest absolute Gasteiger partial charge is 0.225 e. The summed E-state index contributed by atoms with van der Waals surface area (Å²) in [5.41, 5.74) is 1.06. The van der Waals surface area contributed by atoms with Crippen LogP contribution in [-0.4, -0.2) is 53.8 Å². The fraction of sp³-hybridized carbons (Fsp3) is 0.652. The minimum atomic E-state index is -0.171. The maximum Gasteiger partial charge on any atom is 0.225 e. The van der Waals surface area contributed by atoms with Crippen molar-refractivity contribution in [2.75, 3.05) is 26.2 Å². The molecule has 2 saturated heterocycles. The van der Waals surface area contributed by atoms with Gasteiger partial charge in [0, 0.05) is 25.6 Å². The quantitative estimate of drug-likeness (QED) is 0.818. The summed E-state index contributed by atoms with van der Waals surface area (Å²) in [7, 11) is 0. The van der Waals surface area contributed by atoms with Gasteiger partial charge in [-0.15, -0.1) is 0 Å². The van der Waals surface area contributed by atoms with Crippen LogP contribution in [0.25, 0.3) is 0 Å². The van der Waals surface area contributed by atoms with Crippen LogP contribution >= 0.6 is 0 Å². The van der Waals surface area contributed by atoms with Gasteiger partial charge in [-0.2, -0.15) is 0 Å². The standard InChI is InChI=1S/C23H35N3O2/c1-4-26-21(27)11-10-20(22(26)19-8-6-5-7-9-19)23(28)24-16-18-12-14-25(15-13-18)17(2)3/h5-9,17-18,20,22H,4,10-16H2,1-3H3,(H,24,28)/t20-,22+/m1/s1. The number of amides is 2. The highest BCUT2D eigenvalue weighted by Crippen LogP contribution is 2.36. The van der Waals surface area contributed by atoms with Crippen molar-refractivity contribution in [3.05, 3.63) is 35.9 Å². The lowest BCUT2D eigenvalue weighted by Crippen LogP contribution is -2.49. The number of benzene rings is 1. The average Bonchev–Trinajstić information content (AvgIpc) is 2.72. The molecule has 0 saturated carbocycles. The number of rotatable bonds is 6. The summed E-state index contributed by atoms with van der Waals surface area (Å²) < 4.78 is 0. The molecule has 1 N–H and O–H groups in total. The maximum absolute atomic E-state index is 13.1. The molecule has 2 atom stereocenters. The van der Waals surface area contributed by atoms with Gasteiger partial charge in [0.15, 0.2) is 0 Å². The Hall–Kier alpha value is -1.88. The van der Waals surface area contributed by atoms with E-state index < -0.39 is 0 Å². The number of nitrogens with one attached hydrogen (secondary N) is 1. The van der Waals surface area contributed by atoms with E-state index in [0.717, 1.165) is 38.0 Å². The summed E-state index contributed by atoms with van der Waals surface area (Å²) in [6.45, 7) is 10.1. The molecule has 0 radical (unpaired) electrons. The summed E-state index contributed by atoms with van der Waals surface area (Å²) in [5, 5.41) is 3.23. The van der Waals surface area contributed by atoms with Crippen molar-refractivity contribution in [1.82, 2.24) is 15.1 Å². The van der Waals surface area contributed by atoms with E-state index in [9.17, 15) is 9.59 Å². The van der Waals surface area contributed by atoms with Crippen LogP contribution in [0.4, 0.5) is 0 Å². The number of carbonyl (C=O) groups excluding carboxylic acids is 2. The van der Waals surface area contributed by atoms with E-state index in [1.807, 2.05) is 42.2 Å². The lowest BCUT2D eigenvalue weighted by atomic mass is 9.83. The van der Waals surface area contributed by atoms with Crippen molar-refractivity contribution in [3.8, 4) is 0 Å². The van der Waals surface area contributed by atoms with Crippen LogP contribution in [-0.2, 0) is 9.59 Å². The Kier molecular flexibility index (Phi) is 7.11.